The first-order valence-electron chi connectivity index (χ1n) is 16.1. The predicted molar refractivity (Wildman–Crippen MR) is 194 cm³/mol. The summed E-state index contributed by atoms with van der Waals surface area (Å²) in [4.78, 5) is 23.3. The second kappa shape index (κ2) is 12.8. The molecule has 6 aromatic rings. The maximum absolute atomic E-state index is 6.92. The molecule has 0 amide bonds. The Hall–Kier alpha value is -4.52. The molecular formula is C35H40ClN9O2Si. The molecule has 0 saturated carbocycles. The van der Waals surface area contributed by atoms with Gasteiger partial charge in [-0.05, 0) is 49.4 Å². The van der Waals surface area contributed by atoms with Crippen molar-refractivity contribution in [2.75, 3.05) is 43.6 Å². The van der Waals surface area contributed by atoms with E-state index in [2.05, 4.69) is 39.2 Å². The van der Waals surface area contributed by atoms with Crippen LogP contribution in [0.2, 0.25) is 30.7 Å². The zero-order chi connectivity index (χ0) is 33.6. The average Bonchev–Trinajstić information content (AvgIpc) is 3.63. The van der Waals surface area contributed by atoms with Crippen molar-refractivity contribution in [3.63, 3.8) is 0 Å². The third-order valence-corrected chi connectivity index (χ3v) is 10.7. The van der Waals surface area contributed by atoms with Gasteiger partial charge < -0.3 is 23.8 Å². The molecule has 0 radical (unpaired) electrons. The highest BCUT2D eigenvalue weighted by Gasteiger charge is 2.30. The van der Waals surface area contributed by atoms with E-state index in [1.165, 1.54) is 0 Å². The Kier molecular flexibility index (Phi) is 8.56. The summed E-state index contributed by atoms with van der Waals surface area (Å²) in [6, 6.07) is 17.0. The number of benzene rings is 2. The Bertz CT molecular complexity index is 2100. The molecule has 5 heterocycles. The number of halogens is 1. The molecule has 248 valence electrons. The molecule has 13 heteroatoms. The fourth-order valence-corrected chi connectivity index (χ4v) is 6.67. The number of rotatable bonds is 11. The van der Waals surface area contributed by atoms with Crippen LogP contribution in [0.5, 0.6) is 11.5 Å². The number of nitrogens with zero attached hydrogens (tertiary/aromatic N) is 9. The summed E-state index contributed by atoms with van der Waals surface area (Å²) >= 11 is 6.92. The molecule has 0 aliphatic carbocycles. The van der Waals surface area contributed by atoms with Crippen molar-refractivity contribution >= 4 is 53.4 Å². The number of pyridine rings is 1. The van der Waals surface area contributed by atoms with Crippen LogP contribution in [0.3, 0.4) is 0 Å². The van der Waals surface area contributed by atoms with Gasteiger partial charge in [0.1, 0.15) is 46.2 Å². The van der Waals surface area contributed by atoms with E-state index in [0.717, 1.165) is 59.8 Å². The highest BCUT2D eigenvalue weighted by atomic mass is 35.5. The molecule has 11 nitrogen and oxygen atoms in total. The van der Waals surface area contributed by atoms with Gasteiger partial charge >= 0.3 is 0 Å². The molecule has 0 atom stereocenters. The maximum Gasteiger partial charge on any atom is 0.148 e. The van der Waals surface area contributed by atoms with Crippen LogP contribution >= 0.6 is 11.6 Å². The molecule has 1 fully saturated rings. The fourth-order valence-electron chi connectivity index (χ4n) is 5.67. The van der Waals surface area contributed by atoms with Crippen molar-refractivity contribution < 1.29 is 9.47 Å². The summed E-state index contributed by atoms with van der Waals surface area (Å²) < 4.78 is 16.4. The highest BCUT2D eigenvalue weighted by Crippen LogP contribution is 2.36. The number of aryl methyl sites for hydroxylation is 1. The smallest absolute Gasteiger partial charge is 0.148 e. The minimum Gasteiger partial charge on any atom is -0.456 e. The standard InChI is InChI=1S/C35H40ClN9O2Si/c1-23-39-27-11-10-26(16-30(27)44(23)22-46-14-15-48(4,5)6)47-31-13-12-28-35(34(31)36)40-29(18-37-28)24-17-38-45(19-24)25-20-43(21-25)33-9-7-8-32(41-33)42(2)3/h7-13,16-19,25H,14-15,20-22H2,1-6H3. The van der Waals surface area contributed by atoms with Crippen LogP contribution in [0.15, 0.2) is 67.1 Å². The quantitative estimate of drug-likeness (QED) is 0.102. The Labute approximate surface area is 286 Å². The summed E-state index contributed by atoms with van der Waals surface area (Å²) in [5.74, 6) is 3.96. The van der Waals surface area contributed by atoms with Crippen molar-refractivity contribution in [2.24, 2.45) is 0 Å². The van der Waals surface area contributed by atoms with Crippen LogP contribution in [0, 0.1) is 6.92 Å². The van der Waals surface area contributed by atoms with E-state index in [9.17, 15) is 0 Å². The van der Waals surface area contributed by atoms with E-state index in [4.69, 9.17) is 36.0 Å². The molecule has 0 N–H and O–H groups in total. The molecule has 0 unspecified atom stereocenters. The van der Waals surface area contributed by atoms with Crippen LogP contribution in [-0.2, 0) is 11.5 Å². The van der Waals surface area contributed by atoms with Gasteiger partial charge in [-0.1, -0.05) is 37.3 Å². The van der Waals surface area contributed by atoms with Crippen LogP contribution in [0.1, 0.15) is 11.9 Å². The van der Waals surface area contributed by atoms with Crippen LogP contribution < -0.4 is 14.5 Å². The largest absolute Gasteiger partial charge is 0.456 e. The van der Waals surface area contributed by atoms with E-state index >= 15 is 0 Å². The normalized spacial score (nSPS) is 13.8. The van der Waals surface area contributed by atoms with E-state index in [-0.39, 0.29) is 6.04 Å². The van der Waals surface area contributed by atoms with Gasteiger partial charge in [0, 0.05) is 59.7 Å². The van der Waals surface area contributed by atoms with Gasteiger partial charge in [-0.2, -0.15) is 5.10 Å². The average molecular weight is 682 g/mol. The number of hydrogen-bond donors (Lipinski definition) is 0. The number of fused-ring (bicyclic) bond motifs is 2. The van der Waals surface area contributed by atoms with Crippen molar-refractivity contribution in [3.8, 4) is 22.8 Å². The predicted octanol–water partition coefficient (Wildman–Crippen LogP) is 7.43. The topological polar surface area (TPSA) is 99.3 Å². The molecule has 48 heavy (non-hydrogen) atoms. The van der Waals surface area contributed by atoms with E-state index in [0.29, 0.717) is 40.0 Å². The van der Waals surface area contributed by atoms with Crippen molar-refractivity contribution in [1.29, 1.82) is 0 Å². The number of ether oxygens (including phenoxy) is 2. The van der Waals surface area contributed by atoms with Gasteiger partial charge in [-0.25, -0.2) is 15.0 Å². The van der Waals surface area contributed by atoms with E-state index in [1.54, 1.807) is 6.20 Å². The summed E-state index contributed by atoms with van der Waals surface area (Å²) in [5, 5.41) is 5.05. The van der Waals surface area contributed by atoms with Gasteiger partial charge in [-0.3, -0.25) is 9.67 Å². The Morgan fingerprint density at radius 1 is 0.979 bits per heavy atom. The third kappa shape index (κ3) is 6.60. The van der Waals surface area contributed by atoms with Crippen molar-refractivity contribution in [3.05, 3.63) is 78.0 Å². The van der Waals surface area contributed by atoms with Crippen LogP contribution in [0.4, 0.5) is 11.6 Å². The zero-order valence-corrected chi connectivity index (χ0v) is 29.9. The summed E-state index contributed by atoms with van der Waals surface area (Å²) in [7, 11) is 2.83. The number of aromatic nitrogens is 7. The number of anilines is 2. The SMILES string of the molecule is Cc1nc2ccc(Oc3ccc4ncc(-c5cnn(C6CN(c7cccc(N(C)C)n7)C6)c5)nc4c3Cl)cc2n1COCC[Si](C)(C)C. The second-order valence-corrected chi connectivity index (χ2v) is 19.7. The fraction of sp³-hybridized carbons (Fsp3) is 0.343. The van der Waals surface area contributed by atoms with Crippen LogP contribution in [-0.4, -0.2) is 76.1 Å². The first-order chi connectivity index (χ1) is 23.0. The molecule has 2 aromatic carbocycles. The molecule has 1 saturated heterocycles. The lowest BCUT2D eigenvalue weighted by Gasteiger charge is -2.40. The van der Waals surface area contributed by atoms with Crippen molar-refractivity contribution in [2.45, 2.75) is 45.4 Å². The summed E-state index contributed by atoms with van der Waals surface area (Å²) in [6.07, 6.45) is 5.60. The van der Waals surface area contributed by atoms with Gasteiger partial charge in [0.05, 0.1) is 40.7 Å². The minimum absolute atomic E-state index is 0.245. The Balaban J connectivity index is 1.07. The highest BCUT2D eigenvalue weighted by molar-refractivity contribution is 6.76. The molecule has 1 aliphatic rings. The van der Waals surface area contributed by atoms with E-state index < -0.39 is 8.07 Å². The van der Waals surface area contributed by atoms with Gasteiger partial charge in [0.25, 0.3) is 0 Å². The zero-order valence-electron chi connectivity index (χ0n) is 28.2. The molecule has 1 aliphatic heterocycles. The summed E-state index contributed by atoms with van der Waals surface area (Å²) in [6.45, 7) is 11.9. The molecule has 0 spiro atoms. The Morgan fingerprint density at radius 3 is 2.58 bits per heavy atom. The molecule has 0 bridgehead atoms. The van der Waals surface area contributed by atoms with Crippen LogP contribution in [0.25, 0.3) is 33.3 Å². The lowest BCUT2D eigenvalue weighted by molar-refractivity contribution is 0.0885. The second-order valence-electron chi connectivity index (χ2n) is 13.7. The number of hydrogen-bond acceptors (Lipinski definition) is 9. The molecular weight excluding hydrogens is 642 g/mol. The van der Waals surface area contributed by atoms with Gasteiger partial charge in [-0.15, -0.1) is 0 Å². The summed E-state index contributed by atoms with van der Waals surface area (Å²) in [5.41, 5.74) is 4.66. The van der Waals surface area contributed by atoms with E-state index in [1.807, 2.05) is 91.5 Å². The third-order valence-electron chi connectivity index (χ3n) is 8.61. The molecule has 4 aromatic heterocycles. The number of imidazole rings is 1. The van der Waals surface area contributed by atoms with Gasteiger partial charge in [0.2, 0.25) is 0 Å². The van der Waals surface area contributed by atoms with Crippen molar-refractivity contribution in [1.82, 2.24) is 34.3 Å². The Morgan fingerprint density at radius 2 is 1.79 bits per heavy atom. The molecule has 7 rings (SSSR count). The lowest BCUT2D eigenvalue weighted by atomic mass is 10.1. The monoisotopic (exact) mass is 681 g/mol. The first-order valence-corrected chi connectivity index (χ1v) is 20.2. The minimum atomic E-state index is -1.17. The van der Waals surface area contributed by atoms with Gasteiger partial charge in [0.15, 0.2) is 0 Å². The lowest BCUT2D eigenvalue weighted by Crippen LogP contribution is -2.48. The maximum atomic E-state index is 6.92. The first kappa shape index (κ1) is 32.0.